The number of ether oxygens (including phenoxy) is 1. The van der Waals surface area contributed by atoms with E-state index in [4.69, 9.17) is 15.6 Å². The lowest BCUT2D eigenvalue weighted by molar-refractivity contribution is -0.138. The lowest BCUT2D eigenvalue weighted by Gasteiger charge is -2.37. The van der Waals surface area contributed by atoms with Crippen molar-refractivity contribution in [1.82, 2.24) is 4.90 Å². The molecular weight excluding hydrogens is 356 g/mol. The van der Waals surface area contributed by atoms with Gasteiger partial charge in [-0.25, -0.2) is 4.79 Å². The molecule has 0 radical (unpaired) electrons. The Hall–Kier alpha value is -2.86. The Morgan fingerprint density at radius 1 is 1.04 bits per heavy atom. The smallest absolute Gasteiger partial charge is 0.409 e. The number of carbonyl (C=O) groups excluding carboxylic acids is 1. The highest BCUT2D eigenvalue weighted by Crippen LogP contribution is 2.44. The number of likely N-dealkylation sites (tertiary alicyclic amines) is 1. The van der Waals surface area contributed by atoms with E-state index in [-0.39, 0.29) is 25.0 Å². The van der Waals surface area contributed by atoms with Crippen LogP contribution in [0.3, 0.4) is 0 Å². The van der Waals surface area contributed by atoms with Crippen LogP contribution in [0.5, 0.6) is 0 Å². The Kier molecular flexibility index (Phi) is 4.81. The molecule has 1 heterocycles. The average molecular weight is 380 g/mol. The number of carboxylic acid groups (broad SMARTS) is 1. The van der Waals surface area contributed by atoms with Crippen LogP contribution in [0.25, 0.3) is 11.1 Å². The quantitative estimate of drug-likeness (QED) is 0.850. The third-order valence-electron chi connectivity index (χ3n) is 5.86. The Morgan fingerprint density at radius 3 is 2.11 bits per heavy atom. The van der Waals surface area contributed by atoms with Crippen LogP contribution in [0.2, 0.25) is 0 Å². The monoisotopic (exact) mass is 380 g/mol. The van der Waals surface area contributed by atoms with E-state index in [1.165, 1.54) is 22.3 Å². The van der Waals surface area contributed by atoms with Crippen LogP contribution in [-0.2, 0) is 9.53 Å². The number of amides is 1. The molecule has 0 spiro atoms. The number of carboxylic acids is 1. The topological polar surface area (TPSA) is 92.9 Å². The Bertz CT molecular complexity index is 857. The van der Waals surface area contributed by atoms with Gasteiger partial charge in [0.25, 0.3) is 0 Å². The van der Waals surface area contributed by atoms with Gasteiger partial charge < -0.3 is 20.5 Å². The van der Waals surface area contributed by atoms with Gasteiger partial charge >= 0.3 is 12.1 Å². The number of hydrogen-bond donors (Lipinski definition) is 2. The summed E-state index contributed by atoms with van der Waals surface area (Å²) in [5.41, 5.74) is 10.1. The van der Waals surface area contributed by atoms with E-state index in [1.807, 2.05) is 24.3 Å². The predicted molar refractivity (Wildman–Crippen MR) is 105 cm³/mol. The van der Waals surface area contributed by atoms with E-state index >= 15 is 0 Å². The normalized spacial score (nSPS) is 17.7. The van der Waals surface area contributed by atoms with Gasteiger partial charge in [-0.2, -0.15) is 0 Å². The van der Waals surface area contributed by atoms with Crippen molar-refractivity contribution in [2.75, 3.05) is 19.7 Å². The van der Waals surface area contributed by atoms with Crippen LogP contribution >= 0.6 is 0 Å². The van der Waals surface area contributed by atoms with Crippen molar-refractivity contribution in [1.29, 1.82) is 0 Å². The molecule has 146 valence electrons. The lowest BCUT2D eigenvalue weighted by atomic mass is 9.86. The number of nitrogens with two attached hydrogens (primary N) is 1. The summed E-state index contributed by atoms with van der Waals surface area (Å²) in [7, 11) is 0. The van der Waals surface area contributed by atoms with Crippen LogP contribution in [0, 0.1) is 0 Å². The fourth-order valence-electron chi connectivity index (χ4n) is 4.30. The first-order valence-electron chi connectivity index (χ1n) is 9.57. The van der Waals surface area contributed by atoms with Crippen LogP contribution in [0.15, 0.2) is 48.5 Å². The molecule has 1 fully saturated rings. The van der Waals surface area contributed by atoms with Gasteiger partial charge in [-0.1, -0.05) is 48.5 Å². The molecule has 28 heavy (non-hydrogen) atoms. The molecule has 0 aromatic heterocycles. The lowest BCUT2D eigenvalue weighted by Crippen LogP contribution is -2.52. The number of carbonyl (C=O) groups is 2. The van der Waals surface area contributed by atoms with Gasteiger partial charge in [0.2, 0.25) is 0 Å². The summed E-state index contributed by atoms with van der Waals surface area (Å²) in [5.74, 6) is -0.876. The molecule has 4 rings (SSSR count). The molecule has 6 nitrogen and oxygen atoms in total. The molecule has 0 bridgehead atoms. The minimum absolute atomic E-state index is 0.0294. The summed E-state index contributed by atoms with van der Waals surface area (Å²) in [6, 6.07) is 16.4. The second-order valence-electron chi connectivity index (χ2n) is 7.72. The molecule has 2 aliphatic rings. The second kappa shape index (κ2) is 7.28. The SMILES string of the molecule is NC1(CC(=O)O)CCN(C(=O)OCC2c3ccccc3-c3ccccc32)CC1. The van der Waals surface area contributed by atoms with Gasteiger partial charge in [0.05, 0.1) is 6.42 Å². The summed E-state index contributed by atoms with van der Waals surface area (Å²) < 4.78 is 5.66. The average Bonchev–Trinajstić information content (AvgIpc) is 3.00. The minimum Gasteiger partial charge on any atom is -0.481 e. The Labute approximate surface area is 163 Å². The first kappa shape index (κ1) is 18.5. The third kappa shape index (κ3) is 3.47. The number of aliphatic carboxylic acids is 1. The highest BCUT2D eigenvalue weighted by atomic mass is 16.6. The van der Waals surface area contributed by atoms with Gasteiger partial charge in [-0.05, 0) is 35.1 Å². The fraction of sp³-hybridized carbons (Fsp3) is 0.364. The molecule has 0 unspecified atom stereocenters. The molecule has 2 aromatic carbocycles. The molecule has 2 aromatic rings. The van der Waals surface area contributed by atoms with Gasteiger partial charge in [0.15, 0.2) is 0 Å². The second-order valence-corrected chi connectivity index (χ2v) is 7.72. The number of fused-ring (bicyclic) bond motifs is 3. The Balaban J connectivity index is 1.40. The zero-order chi connectivity index (χ0) is 19.7. The summed E-state index contributed by atoms with van der Waals surface area (Å²) in [4.78, 5) is 25.1. The van der Waals surface area contributed by atoms with Gasteiger partial charge in [-0.15, -0.1) is 0 Å². The molecule has 1 aliphatic heterocycles. The molecule has 3 N–H and O–H groups in total. The predicted octanol–water partition coefficient (Wildman–Crippen LogP) is 3.20. The maximum atomic E-state index is 12.6. The summed E-state index contributed by atoms with van der Waals surface area (Å²) in [5, 5.41) is 8.99. The minimum atomic E-state index is -0.905. The van der Waals surface area contributed by atoms with Crippen molar-refractivity contribution in [3.05, 3.63) is 59.7 Å². The number of hydrogen-bond acceptors (Lipinski definition) is 4. The summed E-state index contributed by atoms with van der Waals surface area (Å²) >= 11 is 0. The van der Waals surface area contributed by atoms with Gasteiger partial charge in [0, 0.05) is 24.5 Å². The van der Waals surface area contributed by atoms with E-state index in [1.54, 1.807) is 4.90 Å². The van der Waals surface area contributed by atoms with Crippen molar-refractivity contribution >= 4 is 12.1 Å². The summed E-state index contributed by atoms with van der Waals surface area (Å²) in [6.45, 7) is 1.12. The molecular formula is C22H24N2O4. The van der Waals surface area contributed by atoms with Crippen molar-refractivity contribution in [3.8, 4) is 11.1 Å². The zero-order valence-electron chi connectivity index (χ0n) is 15.6. The van der Waals surface area contributed by atoms with E-state index in [9.17, 15) is 9.59 Å². The number of rotatable bonds is 4. The number of nitrogens with zero attached hydrogens (tertiary/aromatic N) is 1. The van der Waals surface area contributed by atoms with E-state index in [0.29, 0.717) is 25.9 Å². The first-order valence-corrected chi connectivity index (χ1v) is 9.57. The summed E-state index contributed by atoms with van der Waals surface area (Å²) in [6.07, 6.45) is 0.484. The zero-order valence-corrected chi connectivity index (χ0v) is 15.6. The molecule has 6 heteroatoms. The van der Waals surface area contributed by atoms with Gasteiger partial charge in [-0.3, -0.25) is 4.79 Å². The molecule has 0 saturated carbocycles. The molecule has 1 amide bonds. The number of piperidine rings is 1. The highest BCUT2D eigenvalue weighted by Gasteiger charge is 2.35. The highest BCUT2D eigenvalue weighted by molar-refractivity contribution is 5.79. The van der Waals surface area contributed by atoms with Crippen molar-refractivity contribution in [2.24, 2.45) is 5.73 Å². The fourth-order valence-corrected chi connectivity index (χ4v) is 4.30. The standard InChI is InChI=1S/C22H24N2O4/c23-22(13-20(25)26)9-11-24(12-10-22)21(27)28-14-19-17-7-3-1-5-15(17)16-6-2-4-8-18(16)19/h1-8,19H,9-14,23H2,(H,25,26). The molecule has 1 aliphatic carbocycles. The maximum Gasteiger partial charge on any atom is 0.409 e. The first-order chi connectivity index (χ1) is 13.5. The maximum absolute atomic E-state index is 12.6. The van der Waals surface area contributed by atoms with Crippen LogP contribution in [-0.4, -0.2) is 47.3 Å². The van der Waals surface area contributed by atoms with Crippen LogP contribution in [0.1, 0.15) is 36.3 Å². The van der Waals surface area contributed by atoms with Crippen molar-refractivity contribution < 1.29 is 19.4 Å². The molecule has 0 atom stereocenters. The van der Waals surface area contributed by atoms with Crippen LogP contribution in [0.4, 0.5) is 4.79 Å². The van der Waals surface area contributed by atoms with Crippen LogP contribution < -0.4 is 5.73 Å². The van der Waals surface area contributed by atoms with E-state index < -0.39 is 11.5 Å². The van der Waals surface area contributed by atoms with Crippen molar-refractivity contribution in [2.45, 2.75) is 30.7 Å². The van der Waals surface area contributed by atoms with E-state index in [2.05, 4.69) is 24.3 Å². The number of benzene rings is 2. The third-order valence-corrected chi connectivity index (χ3v) is 5.86. The Morgan fingerprint density at radius 2 is 1.57 bits per heavy atom. The molecule has 1 saturated heterocycles. The van der Waals surface area contributed by atoms with E-state index in [0.717, 1.165) is 0 Å². The largest absolute Gasteiger partial charge is 0.481 e. The van der Waals surface area contributed by atoms with Gasteiger partial charge in [0.1, 0.15) is 6.61 Å². The van der Waals surface area contributed by atoms with Crippen molar-refractivity contribution in [3.63, 3.8) is 0 Å².